The molecule has 1 aromatic rings. The quantitative estimate of drug-likeness (QED) is 0.902. The van der Waals surface area contributed by atoms with Gasteiger partial charge in [0, 0.05) is 31.7 Å². The zero-order valence-corrected chi connectivity index (χ0v) is 14.6. The molecule has 2 aliphatic heterocycles. The Bertz CT molecular complexity index is 633. The number of piperidine rings is 1. The van der Waals surface area contributed by atoms with Crippen LogP contribution >= 0.6 is 0 Å². The summed E-state index contributed by atoms with van der Waals surface area (Å²) in [4.78, 5) is 28.6. The van der Waals surface area contributed by atoms with Gasteiger partial charge in [-0.3, -0.25) is 14.5 Å². The maximum Gasteiger partial charge on any atom is 0.255 e. The van der Waals surface area contributed by atoms with Gasteiger partial charge in [-0.05, 0) is 44.7 Å². The standard InChI is InChI=1S/C19H27N3O2/c1-13-6-3-7-14(2)22(13)11-5-10-21-12-15-8-4-9-16(18(20)23)17(15)19(21)24/h4,8-9,13-14H,3,5-7,10-12H2,1-2H3,(H2,20,23)/t13-,14+. The first-order valence-electron chi connectivity index (χ1n) is 8.95. The lowest BCUT2D eigenvalue weighted by Crippen LogP contribution is -2.44. The molecule has 5 nitrogen and oxygen atoms in total. The molecule has 0 radical (unpaired) electrons. The summed E-state index contributed by atoms with van der Waals surface area (Å²) in [5.41, 5.74) is 7.17. The van der Waals surface area contributed by atoms with Crippen LogP contribution in [0.25, 0.3) is 0 Å². The number of nitrogens with zero attached hydrogens (tertiary/aromatic N) is 2. The fourth-order valence-corrected chi connectivity index (χ4v) is 4.17. The van der Waals surface area contributed by atoms with E-state index in [-0.39, 0.29) is 5.91 Å². The van der Waals surface area contributed by atoms with E-state index in [1.165, 1.54) is 19.3 Å². The number of rotatable bonds is 5. The summed E-state index contributed by atoms with van der Waals surface area (Å²) in [6.07, 6.45) is 4.80. The molecule has 2 aliphatic rings. The van der Waals surface area contributed by atoms with Crippen LogP contribution in [0.4, 0.5) is 0 Å². The highest BCUT2D eigenvalue weighted by Crippen LogP contribution is 2.27. The average Bonchev–Trinajstić information content (AvgIpc) is 2.86. The van der Waals surface area contributed by atoms with Crippen molar-refractivity contribution < 1.29 is 9.59 Å². The molecule has 0 aromatic heterocycles. The number of carbonyl (C=O) groups excluding carboxylic acids is 2. The molecule has 5 heteroatoms. The molecule has 3 rings (SSSR count). The van der Waals surface area contributed by atoms with Crippen molar-refractivity contribution in [1.29, 1.82) is 0 Å². The highest BCUT2D eigenvalue weighted by molar-refractivity contribution is 6.09. The van der Waals surface area contributed by atoms with Crippen molar-refractivity contribution in [3.05, 3.63) is 34.9 Å². The Kier molecular flexibility index (Phi) is 4.90. The molecule has 2 heterocycles. The zero-order valence-electron chi connectivity index (χ0n) is 14.6. The van der Waals surface area contributed by atoms with Crippen LogP contribution < -0.4 is 5.73 Å². The third-order valence-electron chi connectivity index (χ3n) is 5.50. The number of carbonyl (C=O) groups is 2. The maximum atomic E-state index is 12.6. The summed E-state index contributed by atoms with van der Waals surface area (Å²) >= 11 is 0. The van der Waals surface area contributed by atoms with Crippen LogP contribution in [0.15, 0.2) is 18.2 Å². The third-order valence-corrected chi connectivity index (χ3v) is 5.50. The third kappa shape index (κ3) is 3.18. The number of fused-ring (bicyclic) bond motifs is 1. The first-order valence-corrected chi connectivity index (χ1v) is 8.95. The van der Waals surface area contributed by atoms with E-state index in [0.29, 0.717) is 29.8 Å². The van der Waals surface area contributed by atoms with Gasteiger partial charge in [-0.25, -0.2) is 0 Å². The topological polar surface area (TPSA) is 66.6 Å². The van der Waals surface area contributed by atoms with Crippen LogP contribution in [0.1, 0.15) is 65.8 Å². The number of likely N-dealkylation sites (tertiary alicyclic amines) is 1. The Morgan fingerprint density at radius 3 is 2.58 bits per heavy atom. The Balaban J connectivity index is 1.61. The summed E-state index contributed by atoms with van der Waals surface area (Å²) in [6, 6.07) is 6.60. The second-order valence-electron chi connectivity index (χ2n) is 7.15. The highest BCUT2D eigenvalue weighted by Gasteiger charge is 2.31. The summed E-state index contributed by atoms with van der Waals surface area (Å²) in [5.74, 6) is -0.586. The molecule has 2 N–H and O–H groups in total. The van der Waals surface area contributed by atoms with Crippen molar-refractivity contribution in [1.82, 2.24) is 9.80 Å². The molecule has 0 saturated carbocycles. The Labute approximate surface area is 143 Å². The fourth-order valence-electron chi connectivity index (χ4n) is 4.17. The zero-order chi connectivity index (χ0) is 17.3. The van der Waals surface area contributed by atoms with Crippen molar-refractivity contribution in [2.24, 2.45) is 5.73 Å². The molecule has 0 aliphatic carbocycles. The largest absolute Gasteiger partial charge is 0.366 e. The normalized spacial score (nSPS) is 24.2. The molecule has 130 valence electrons. The lowest BCUT2D eigenvalue weighted by molar-refractivity contribution is 0.0731. The first kappa shape index (κ1) is 17.0. The molecule has 24 heavy (non-hydrogen) atoms. The number of nitrogens with two attached hydrogens (primary N) is 1. The minimum absolute atomic E-state index is 0.0564. The predicted molar refractivity (Wildman–Crippen MR) is 93.8 cm³/mol. The van der Waals surface area contributed by atoms with Gasteiger partial charge in [0.25, 0.3) is 5.91 Å². The molecule has 1 fully saturated rings. The molecule has 0 unspecified atom stereocenters. The molecular weight excluding hydrogens is 302 g/mol. The summed E-state index contributed by atoms with van der Waals surface area (Å²) < 4.78 is 0. The van der Waals surface area contributed by atoms with Gasteiger partial charge in [0.1, 0.15) is 0 Å². The van der Waals surface area contributed by atoms with E-state index in [1.54, 1.807) is 12.1 Å². The second kappa shape index (κ2) is 6.93. The van der Waals surface area contributed by atoms with Crippen molar-refractivity contribution in [3.63, 3.8) is 0 Å². The van der Waals surface area contributed by atoms with E-state index >= 15 is 0 Å². The van der Waals surface area contributed by atoms with Crippen LogP contribution in [0, 0.1) is 0 Å². The second-order valence-corrected chi connectivity index (χ2v) is 7.15. The van der Waals surface area contributed by atoms with Gasteiger partial charge in [0.05, 0.1) is 11.1 Å². The first-order chi connectivity index (χ1) is 11.5. The molecule has 0 bridgehead atoms. The van der Waals surface area contributed by atoms with E-state index < -0.39 is 5.91 Å². The molecule has 2 amide bonds. The van der Waals surface area contributed by atoms with Gasteiger partial charge in [0.2, 0.25) is 5.91 Å². The van der Waals surface area contributed by atoms with Crippen LogP contribution in [0.2, 0.25) is 0 Å². The maximum absolute atomic E-state index is 12.6. The lowest BCUT2D eigenvalue weighted by atomic mass is 9.97. The molecule has 1 saturated heterocycles. The smallest absolute Gasteiger partial charge is 0.255 e. The minimum atomic E-state index is -0.530. The number of hydrogen-bond donors (Lipinski definition) is 1. The Morgan fingerprint density at radius 2 is 1.92 bits per heavy atom. The molecule has 1 aromatic carbocycles. The Morgan fingerprint density at radius 1 is 1.21 bits per heavy atom. The van der Waals surface area contributed by atoms with Gasteiger partial charge in [0.15, 0.2) is 0 Å². The van der Waals surface area contributed by atoms with Crippen molar-refractivity contribution in [3.8, 4) is 0 Å². The van der Waals surface area contributed by atoms with Gasteiger partial charge >= 0.3 is 0 Å². The van der Waals surface area contributed by atoms with Gasteiger partial charge < -0.3 is 10.6 Å². The van der Waals surface area contributed by atoms with Crippen molar-refractivity contribution in [2.45, 2.75) is 58.2 Å². The summed E-state index contributed by atoms with van der Waals surface area (Å²) in [6.45, 7) is 6.92. The molecule has 0 spiro atoms. The Hall–Kier alpha value is -1.88. The number of primary amides is 1. The minimum Gasteiger partial charge on any atom is -0.366 e. The van der Waals surface area contributed by atoms with Crippen molar-refractivity contribution in [2.75, 3.05) is 13.1 Å². The number of benzene rings is 1. The van der Waals surface area contributed by atoms with E-state index in [0.717, 1.165) is 25.1 Å². The van der Waals surface area contributed by atoms with Gasteiger partial charge in [-0.2, -0.15) is 0 Å². The summed E-state index contributed by atoms with van der Waals surface area (Å²) in [5, 5.41) is 0. The monoisotopic (exact) mass is 329 g/mol. The van der Waals surface area contributed by atoms with Crippen LogP contribution in [0.5, 0.6) is 0 Å². The number of hydrogen-bond acceptors (Lipinski definition) is 3. The highest BCUT2D eigenvalue weighted by atomic mass is 16.2. The SMILES string of the molecule is C[C@@H]1CCC[C@H](C)N1CCCN1Cc2cccc(C(N)=O)c2C1=O. The fraction of sp³-hybridized carbons (Fsp3) is 0.579. The van der Waals surface area contributed by atoms with Crippen LogP contribution in [-0.2, 0) is 6.54 Å². The number of amides is 2. The van der Waals surface area contributed by atoms with Crippen molar-refractivity contribution >= 4 is 11.8 Å². The lowest BCUT2D eigenvalue weighted by Gasteiger charge is -2.39. The van der Waals surface area contributed by atoms with E-state index in [4.69, 9.17) is 5.73 Å². The van der Waals surface area contributed by atoms with E-state index in [1.807, 2.05) is 11.0 Å². The predicted octanol–water partition coefficient (Wildman–Crippen LogP) is 2.39. The van der Waals surface area contributed by atoms with Gasteiger partial charge in [-0.15, -0.1) is 0 Å². The summed E-state index contributed by atoms with van der Waals surface area (Å²) in [7, 11) is 0. The van der Waals surface area contributed by atoms with E-state index in [9.17, 15) is 9.59 Å². The molecular formula is C19H27N3O2. The van der Waals surface area contributed by atoms with Gasteiger partial charge in [-0.1, -0.05) is 18.6 Å². The van der Waals surface area contributed by atoms with E-state index in [2.05, 4.69) is 18.7 Å². The molecule has 2 atom stereocenters. The van der Waals surface area contributed by atoms with Crippen LogP contribution in [-0.4, -0.2) is 46.8 Å². The average molecular weight is 329 g/mol. The van der Waals surface area contributed by atoms with Crippen LogP contribution in [0.3, 0.4) is 0 Å².